The highest BCUT2D eigenvalue weighted by Crippen LogP contribution is 2.15. The Labute approximate surface area is 125 Å². The maximum atomic E-state index is 12.3. The Morgan fingerprint density at radius 3 is 2.35 bits per heavy atom. The molecule has 1 aromatic heterocycles. The lowest BCUT2D eigenvalue weighted by Gasteiger charge is -2.00. The van der Waals surface area contributed by atoms with Crippen LogP contribution < -0.4 is 0 Å². The zero-order valence-electron chi connectivity index (χ0n) is 10.5. The third-order valence-corrected chi connectivity index (χ3v) is 3.50. The molecule has 0 radical (unpaired) electrons. The first-order valence-electron chi connectivity index (χ1n) is 6.14. The molecule has 0 aliphatic carbocycles. The zero-order valence-corrected chi connectivity index (χ0v) is 12.1. The van der Waals surface area contributed by atoms with Gasteiger partial charge in [0.05, 0.1) is 17.4 Å². The summed E-state index contributed by atoms with van der Waals surface area (Å²) in [5.41, 5.74) is 2.17. The lowest BCUT2D eigenvalue weighted by atomic mass is 10.1. The summed E-state index contributed by atoms with van der Waals surface area (Å²) in [4.78, 5) is 12.3. The normalized spacial score (nSPS) is 10.4. The van der Waals surface area contributed by atoms with Crippen LogP contribution in [0.4, 0.5) is 0 Å². The topological polar surface area (TPSA) is 34.9 Å². The van der Waals surface area contributed by atoms with E-state index in [0.717, 1.165) is 10.2 Å². The van der Waals surface area contributed by atoms with Crippen LogP contribution in [-0.4, -0.2) is 15.6 Å². The van der Waals surface area contributed by atoms with E-state index in [2.05, 4.69) is 21.0 Å². The van der Waals surface area contributed by atoms with E-state index in [1.54, 1.807) is 29.2 Å². The van der Waals surface area contributed by atoms with Crippen molar-refractivity contribution in [2.75, 3.05) is 0 Å². The third kappa shape index (κ3) is 2.56. The summed E-state index contributed by atoms with van der Waals surface area (Å²) in [6, 6.07) is 17.0. The number of nitrogens with zero attached hydrogens (tertiary/aromatic N) is 2. The van der Waals surface area contributed by atoms with Crippen LogP contribution in [0.25, 0.3) is 5.69 Å². The molecule has 3 rings (SSSR count). The first-order valence-corrected chi connectivity index (χ1v) is 6.94. The van der Waals surface area contributed by atoms with E-state index in [0.29, 0.717) is 11.1 Å². The molecule has 0 saturated carbocycles. The number of hydrogen-bond acceptors (Lipinski definition) is 2. The van der Waals surface area contributed by atoms with Gasteiger partial charge in [0.2, 0.25) is 0 Å². The summed E-state index contributed by atoms with van der Waals surface area (Å²) < 4.78 is 2.65. The van der Waals surface area contributed by atoms with Crippen LogP contribution >= 0.6 is 15.9 Å². The number of aromatic nitrogens is 2. The number of hydrogen-bond donors (Lipinski definition) is 0. The van der Waals surface area contributed by atoms with Crippen molar-refractivity contribution in [3.05, 3.63) is 82.6 Å². The summed E-state index contributed by atoms with van der Waals surface area (Å²) >= 11 is 3.36. The van der Waals surface area contributed by atoms with Crippen molar-refractivity contribution in [1.29, 1.82) is 0 Å². The first-order chi connectivity index (χ1) is 9.74. The van der Waals surface area contributed by atoms with Crippen molar-refractivity contribution < 1.29 is 4.79 Å². The van der Waals surface area contributed by atoms with Crippen LogP contribution in [0, 0.1) is 0 Å². The van der Waals surface area contributed by atoms with E-state index in [9.17, 15) is 4.79 Å². The van der Waals surface area contributed by atoms with Gasteiger partial charge in [-0.3, -0.25) is 4.79 Å². The van der Waals surface area contributed by atoms with E-state index < -0.39 is 0 Å². The molecule has 1 heterocycles. The number of rotatable bonds is 3. The second-order valence-corrected chi connectivity index (χ2v) is 5.26. The molecule has 0 N–H and O–H groups in total. The number of ketones is 1. The average molecular weight is 327 g/mol. The van der Waals surface area contributed by atoms with Crippen LogP contribution in [0.1, 0.15) is 15.9 Å². The SMILES string of the molecule is O=C(c1ccc(Br)cc1)c1cnn(-c2ccccc2)c1. The van der Waals surface area contributed by atoms with Gasteiger partial charge in [0.15, 0.2) is 5.78 Å². The smallest absolute Gasteiger partial charge is 0.196 e. The van der Waals surface area contributed by atoms with Gasteiger partial charge in [0, 0.05) is 16.2 Å². The molecule has 2 aromatic carbocycles. The highest BCUT2D eigenvalue weighted by molar-refractivity contribution is 9.10. The summed E-state index contributed by atoms with van der Waals surface area (Å²) in [5, 5.41) is 4.24. The molecular weight excluding hydrogens is 316 g/mol. The lowest BCUT2D eigenvalue weighted by molar-refractivity contribution is 0.103. The van der Waals surface area contributed by atoms with Gasteiger partial charge in [-0.05, 0) is 36.4 Å². The third-order valence-electron chi connectivity index (χ3n) is 2.97. The largest absolute Gasteiger partial charge is 0.288 e. The van der Waals surface area contributed by atoms with Crippen molar-refractivity contribution >= 4 is 21.7 Å². The fourth-order valence-electron chi connectivity index (χ4n) is 1.93. The Morgan fingerprint density at radius 2 is 1.65 bits per heavy atom. The van der Waals surface area contributed by atoms with Crippen molar-refractivity contribution in [3.8, 4) is 5.69 Å². The summed E-state index contributed by atoms with van der Waals surface area (Å²) in [7, 11) is 0. The van der Waals surface area contributed by atoms with E-state index in [4.69, 9.17) is 0 Å². The molecule has 3 aromatic rings. The maximum Gasteiger partial charge on any atom is 0.196 e. The summed E-state index contributed by atoms with van der Waals surface area (Å²) in [6.07, 6.45) is 3.34. The van der Waals surface area contributed by atoms with Crippen LogP contribution in [0.2, 0.25) is 0 Å². The Morgan fingerprint density at radius 1 is 0.950 bits per heavy atom. The van der Waals surface area contributed by atoms with Crippen molar-refractivity contribution in [3.63, 3.8) is 0 Å². The monoisotopic (exact) mass is 326 g/mol. The second-order valence-electron chi connectivity index (χ2n) is 4.35. The molecule has 0 unspecified atom stereocenters. The molecule has 98 valence electrons. The highest BCUT2D eigenvalue weighted by Gasteiger charge is 2.11. The van der Waals surface area contributed by atoms with E-state index in [1.807, 2.05) is 42.5 Å². The minimum absolute atomic E-state index is 0.0281. The quantitative estimate of drug-likeness (QED) is 0.685. The fraction of sp³-hybridized carbons (Fsp3) is 0. The summed E-state index contributed by atoms with van der Waals surface area (Å²) in [6.45, 7) is 0. The van der Waals surface area contributed by atoms with Gasteiger partial charge in [0.1, 0.15) is 0 Å². The standard InChI is InChI=1S/C16H11BrN2O/c17-14-8-6-12(7-9-14)16(20)13-10-18-19(11-13)15-4-2-1-3-5-15/h1-11H. The molecule has 0 aliphatic rings. The first kappa shape index (κ1) is 12.8. The average Bonchev–Trinajstić information content (AvgIpc) is 2.98. The van der Waals surface area contributed by atoms with E-state index in [1.165, 1.54) is 0 Å². The minimum Gasteiger partial charge on any atom is -0.288 e. The second kappa shape index (κ2) is 5.43. The van der Waals surface area contributed by atoms with Crippen LogP contribution in [0.15, 0.2) is 71.5 Å². The Balaban J connectivity index is 1.90. The zero-order chi connectivity index (χ0) is 13.9. The Kier molecular flexibility index (Phi) is 3.48. The number of carbonyl (C=O) groups is 1. The molecule has 0 spiro atoms. The molecule has 0 atom stereocenters. The molecule has 4 heteroatoms. The van der Waals surface area contributed by atoms with Gasteiger partial charge >= 0.3 is 0 Å². The number of para-hydroxylation sites is 1. The molecule has 0 amide bonds. The predicted molar refractivity (Wildman–Crippen MR) is 81.1 cm³/mol. The fourth-order valence-corrected chi connectivity index (χ4v) is 2.19. The Hall–Kier alpha value is -2.20. The number of halogens is 1. The highest BCUT2D eigenvalue weighted by atomic mass is 79.9. The van der Waals surface area contributed by atoms with Gasteiger partial charge in [0.25, 0.3) is 0 Å². The summed E-state index contributed by atoms with van der Waals surface area (Å²) in [5.74, 6) is -0.0281. The molecule has 0 fully saturated rings. The van der Waals surface area contributed by atoms with Crippen LogP contribution in [0.3, 0.4) is 0 Å². The molecule has 3 nitrogen and oxygen atoms in total. The van der Waals surface area contributed by atoms with Crippen molar-refractivity contribution in [1.82, 2.24) is 9.78 Å². The van der Waals surface area contributed by atoms with Crippen molar-refractivity contribution in [2.45, 2.75) is 0 Å². The maximum absolute atomic E-state index is 12.3. The number of benzene rings is 2. The van der Waals surface area contributed by atoms with Gasteiger partial charge in [-0.25, -0.2) is 4.68 Å². The van der Waals surface area contributed by atoms with E-state index >= 15 is 0 Å². The van der Waals surface area contributed by atoms with E-state index in [-0.39, 0.29) is 5.78 Å². The lowest BCUT2D eigenvalue weighted by Crippen LogP contribution is -1.99. The molecule has 0 saturated heterocycles. The van der Waals surface area contributed by atoms with Gasteiger partial charge < -0.3 is 0 Å². The minimum atomic E-state index is -0.0281. The Bertz CT molecular complexity index is 733. The molecular formula is C16H11BrN2O. The number of carbonyl (C=O) groups excluding carboxylic acids is 1. The van der Waals surface area contributed by atoms with Gasteiger partial charge in [-0.2, -0.15) is 5.10 Å². The van der Waals surface area contributed by atoms with Gasteiger partial charge in [-0.1, -0.05) is 34.1 Å². The van der Waals surface area contributed by atoms with Crippen molar-refractivity contribution in [2.24, 2.45) is 0 Å². The van der Waals surface area contributed by atoms with Gasteiger partial charge in [-0.15, -0.1) is 0 Å². The van der Waals surface area contributed by atoms with Crippen LogP contribution in [0.5, 0.6) is 0 Å². The molecule has 0 bridgehead atoms. The molecule has 0 aliphatic heterocycles. The predicted octanol–water partition coefficient (Wildman–Crippen LogP) is 3.87. The molecule has 20 heavy (non-hydrogen) atoms. The van der Waals surface area contributed by atoms with Crippen LogP contribution in [-0.2, 0) is 0 Å².